The van der Waals surface area contributed by atoms with Crippen molar-refractivity contribution in [2.45, 2.75) is 32.7 Å². The Kier molecular flexibility index (Phi) is 5.57. The molecule has 7 heteroatoms. The van der Waals surface area contributed by atoms with Gasteiger partial charge in [0, 0.05) is 5.56 Å². The van der Waals surface area contributed by atoms with Crippen molar-refractivity contribution < 1.29 is 19.1 Å². The molecule has 3 aromatic rings. The van der Waals surface area contributed by atoms with Crippen LogP contribution in [0.25, 0.3) is 0 Å². The van der Waals surface area contributed by atoms with Crippen LogP contribution in [-0.4, -0.2) is 27.0 Å². The highest BCUT2D eigenvalue weighted by molar-refractivity contribution is 6.20. The fourth-order valence-electron chi connectivity index (χ4n) is 3.73. The number of aliphatic hydroxyl groups is 1. The largest absolute Gasteiger partial charge is 0.503 e. The lowest BCUT2D eigenvalue weighted by Crippen LogP contribution is -2.32. The Morgan fingerprint density at radius 1 is 1.00 bits per heavy atom. The molecule has 0 bridgehead atoms. The SMILES string of the molecule is Cc1ccc(N2C(=O)C(O)=C(C(=O)c3ccc(C(C)C)cc3)C2c2ccc(F)cc2)nn1. The average molecular weight is 431 g/mol. The molecule has 162 valence electrons. The molecule has 0 fully saturated rings. The Morgan fingerprint density at radius 2 is 1.66 bits per heavy atom. The third-order valence-corrected chi connectivity index (χ3v) is 5.51. The first kappa shape index (κ1) is 21.4. The Morgan fingerprint density at radius 3 is 2.22 bits per heavy atom. The first-order valence-corrected chi connectivity index (χ1v) is 10.2. The molecule has 1 aliphatic heterocycles. The summed E-state index contributed by atoms with van der Waals surface area (Å²) in [5.74, 6) is -1.88. The first-order valence-electron chi connectivity index (χ1n) is 10.2. The van der Waals surface area contributed by atoms with Gasteiger partial charge in [-0.3, -0.25) is 14.5 Å². The number of anilines is 1. The fraction of sp³-hybridized carbons (Fsp3) is 0.200. The van der Waals surface area contributed by atoms with Gasteiger partial charge in [-0.25, -0.2) is 4.39 Å². The van der Waals surface area contributed by atoms with E-state index in [1.54, 1.807) is 31.2 Å². The van der Waals surface area contributed by atoms with Crippen molar-refractivity contribution in [3.8, 4) is 0 Å². The Bertz CT molecular complexity index is 1200. The number of hydrogen-bond donors (Lipinski definition) is 1. The Labute approximate surface area is 185 Å². The quantitative estimate of drug-likeness (QED) is 0.585. The number of rotatable bonds is 5. The number of carbonyl (C=O) groups is 2. The second-order valence-electron chi connectivity index (χ2n) is 8.03. The molecule has 4 rings (SSSR count). The van der Waals surface area contributed by atoms with Crippen LogP contribution in [0.2, 0.25) is 0 Å². The maximum atomic E-state index is 13.6. The van der Waals surface area contributed by atoms with Crippen LogP contribution in [0.1, 0.15) is 53.0 Å². The number of aromatic nitrogens is 2. The minimum atomic E-state index is -0.975. The van der Waals surface area contributed by atoms with Crippen LogP contribution in [0.15, 0.2) is 72.0 Å². The van der Waals surface area contributed by atoms with Gasteiger partial charge in [0.05, 0.1) is 17.3 Å². The van der Waals surface area contributed by atoms with Crippen LogP contribution < -0.4 is 4.90 Å². The average Bonchev–Trinajstić information content (AvgIpc) is 3.05. The summed E-state index contributed by atoms with van der Waals surface area (Å²) in [5.41, 5.74) is 2.44. The van der Waals surface area contributed by atoms with Crippen molar-refractivity contribution in [1.82, 2.24) is 10.2 Å². The molecule has 2 heterocycles. The Balaban J connectivity index is 1.83. The van der Waals surface area contributed by atoms with E-state index in [4.69, 9.17) is 0 Å². The lowest BCUT2D eigenvalue weighted by atomic mass is 9.91. The van der Waals surface area contributed by atoms with E-state index in [0.717, 1.165) is 5.56 Å². The zero-order valence-electron chi connectivity index (χ0n) is 17.9. The molecular formula is C25H22FN3O3. The van der Waals surface area contributed by atoms with Crippen LogP contribution in [0.5, 0.6) is 0 Å². The molecule has 6 nitrogen and oxygen atoms in total. The third-order valence-electron chi connectivity index (χ3n) is 5.51. The van der Waals surface area contributed by atoms with Crippen LogP contribution in [0.3, 0.4) is 0 Å². The van der Waals surface area contributed by atoms with Gasteiger partial charge >= 0.3 is 0 Å². The van der Waals surface area contributed by atoms with Crippen molar-refractivity contribution in [2.75, 3.05) is 4.90 Å². The highest BCUT2D eigenvalue weighted by atomic mass is 19.1. The van der Waals surface area contributed by atoms with Crippen molar-refractivity contribution in [3.05, 3.63) is 100 Å². The maximum Gasteiger partial charge on any atom is 0.295 e. The zero-order chi connectivity index (χ0) is 23.0. The van der Waals surface area contributed by atoms with E-state index in [-0.39, 0.29) is 11.4 Å². The number of ketones is 1. The molecule has 0 spiro atoms. The lowest BCUT2D eigenvalue weighted by molar-refractivity contribution is -0.117. The van der Waals surface area contributed by atoms with Crippen LogP contribution >= 0.6 is 0 Å². The van der Waals surface area contributed by atoms with Crippen molar-refractivity contribution in [2.24, 2.45) is 0 Å². The lowest BCUT2D eigenvalue weighted by Gasteiger charge is -2.25. The maximum absolute atomic E-state index is 13.6. The summed E-state index contributed by atoms with van der Waals surface area (Å²) in [6.07, 6.45) is 0. The topological polar surface area (TPSA) is 83.4 Å². The van der Waals surface area contributed by atoms with E-state index < -0.39 is 29.3 Å². The predicted molar refractivity (Wildman–Crippen MR) is 118 cm³/mol. The standard InChI is InChI=1S/C25H22FN3O3/c1-14(2)16-5-7-18(8-6-16)23(30)21-22(17-9-11-19(26)12-10-17)29(25(32)24(21)31)20-13-4-15(3)27-28-20/h4-14,22,31H,1-3H3. The molecule has 1 unspecified atom stereocenters. The number of benzene rings is 2. The monoisotopic (exact) mass is 431 g/mol. The number of amides is 1. The number of carbonyl (C=O) groups excluding carboxylic acids is 2. The van der Waals surface area contributed by atoms with Gasteiger partial charge in [0.2, 0.25) is 0 Å². The van der Waals surface area contributed by atoms with Gasteiger partial charge in [-0.15, -0.1) is 5.10 Å². The normalized spacial score (nSPS) is 16.2. The van der Waals surface area contributed by atoms with Gasteiger partial charge < -0.3 is 5.11 Å². The minimum Gasteiger partial charge on any atom is -0.503 e. The van der Waals surface area contributed by atoms with Crippen molar-refractivity contribution in [1.29, 1.82) is 0 Å². The van der Waals surface area contributed by atoms with Crippen LogP contribution in [0, 0.1) is 12.7 Å². The van der Waals surface area contributed by atoms with Gasteiger partial charge in [-0.05, 0) is 48.2 Å². The summed E-state index contributed by atoms with van der Waals surface area (Å²) >= 11 is 0. The molecule has 0 saturated carbocycles. The van der Waals surface area contributed by atoms with Gasteiger partial charge in [-0.1, -0.05) is 50.2 Å². The molecule has 1 aliphatic rings. The van der Waals surface area contributed by atoms with Gasteiger partial charge in [0.15, 0.2) is 17.4 Å². The number of aryl methyl sites for hydroxylation is 1. The molecule has 1 N–H and O–H groups in total. The van der Waals surface area contributed by atoms with E-state index in [2.05, 4.69) is 10.2 Å². The second-order valence-corrected chi connectivity index (χ2v) is 8.03. The molecule has 0 radical (unpaired) electrons. The number of halogens is 1. The van der Waals surface area contributed by atoms with E-state index in [0.29, 0.717) is 22.7 Å². The molecule has 1 amide bonds. The summed E-state index contributed by atoms with van der Waals surface area (Å²) in [6.45, 7) is 5.85. The highest BCUT2D eigenvalue weighted by Crippen LogP contribution is 2.41. The van der Waals surface area contributed by atoms with E-state index >= 15 is 0 Å². The highest BCUT2D eigenvalue weighted by Gasteiger charge is 2.45. The molecule has 1 atom stereocenters. The van der Waals surface area contributed by atoms with E-state index in [9.17, 15) is 19.1 Å². The first-order chi connectivity index (χ1) is 15.3. The molecule has 0 saturated heterocycles. The van der Waals surface area contributed by atoms with Gasteiger partial charge in [-0.2, -0.15) is 5.10 Å². The summed E-state index contributed by atoms with van der Waals surface area (Å²) in [5, 5.41) is 18.8. The fourth-order valence-corrected chi connectivity index (χ4v) is 3.73. The zero-order valence-corrected chi connectivity index (χ0v) is 17.9. The number of hydrogen-bond acceptors (Lipinski definition) is 5. The predicted octanol–water partition coefficient (Wildman–Crippen LogP) is 4.83. The van der Waals surface area contributed by atoms with Gasteiger partial charge in [0.25, 0.3) is 5.91 Å². The van der Waals surface area contributed by atoms with Crippen molar-refractivity contribution >= 4 is 17.5 Å². The van der Waals surface area contributed by atoms with Crippen molar-refractivity contribution in [3.63, 3.8) is 0 Å². The summed E-state index contributed by atoms with van der Waals surface area (Å²) in [4.78, 5) is 27.7. The van der Waals surface area contributed by atoms with Gasteiger partial charge in [0.1, 0.15) is 5.82 Å². The Hall–Kier alpha value is -3.87. The van der Waals surface area contributed by atoms with E-state index in [1.165, 1.54) is 29.2 Å². The number of aliphatic hydroxyl groups excluding tert-OH is 1. The third kappa shape index (κ3) is 3.77. The number of Topliss-reactive ketones (excluding diaryl/α,β-unsaturated/α-hetero) is 1. The van der Waals surface area contributed by atoms with Crippen LogP contribution in [0.4, 0.5) is 10.2 Å². The smallest absolute Gasteiger partial charge is 0.295 e. The molecule has 32 heavy (non-hydrogen) atoms. The minimum absolute atomic E-state index is 0.0821. The van der Waals surface area contributed by atoms with Crippen LogP contribution in [-0.2, 0) is 4.79 Å². The molecule has 0 aliphatic carbocycles. The number of nitrogens with zero attached hydrogens (tertiary/aromatic N) is 3. The summed E-state index contributed by atoms with van der Waals surface area (Å²) < 4.78 is 13.6. The summed E-state index contributed by atoms with van der Waals surface area (Å²) in [7, 11) is 0. The summed E-state index contributed by atoms with van der Waals surface area (Å²) in [6, 6.07) is 14.8. The molecule has 2 aromatic carbocycles. The van der Waals surface area contributed by atoms with E-state index in [1.807, 2.05) is 26.0 Å². The molecular weight excluding hydrogens is 409 g/mol. The second kappa shape index (κ2) is 8.34. The molecule has 1 aromatic heterocycles.